The topological polar surface area (TPSA) is 17.1 Å². The highest BCUT2D eigenvalue weighted by Crippen LogP contribution is 2.09. The molecule has 0 bridgehead atoms. The summed E-state index contributed by atoms with van der Waals surface area (Å²) < 4.78 is 0. The lowest BCUT2D eigenvalue weighted by Crippen LogP contribution is -1.88. The summed E-state index contributed by atoms with van der Waals surface area (Å²) in [6, 6.07) is 0. The van der Waals surface area contributed by atoms with Crippen molar-refractivity contribution in [3.05, 3.63) is 11.6 Å². The average molecular weight is 161 g/mol. The molecule has 0 rings (SSSR count). The Morgan fingerprint density at radius 3 is 2.30 bits per heavy atom. The largest absolute Gasteiger partial charge is 0.300 e. The molecule has 0 aromatic heterocycles. The number of carbonyl (C=O) groups excluding carboxylic acids is 1. The number of hydrogen-bond donors (Lipinski definition) is 0. The molecule has 0 aromatic rings. The van der Waals surface area contributed by atoms with Crippen molar-refractivity contribution >= 4 is 17.4 Å². The van der Waals surface area contributed by atoms with Gasteiger partial charge in [-0.3, -0.25) is 0 Å². The SMILES string of the molecule is C=C(Cl)CCCCC(C)=O. The molecule has 0 aliphatic rings. The Labute approximate surface area is 67.1 Å². The van der Waals surface area contributed by atoms with Gasteiger partial charge in [-0.2, -0.15) is 0 Å². The van der Waals surface area contributed by atoms with Crippen molar-refractivity contribution in [3.8, 4) is 0 Å². The molecular weight excluding hydrogens is 148 g/mol. The van der Waals surface area contributed by atoms with E-state index in [1.807, 2.05) is 0 Å². The van der Waals surface area contributed by atoms with E-state index in [9.17, 15) is 4.79 Å². The van der Waals surface area contributed by atoms with Crippen LogP contribution in [0, 0.1) is 0 Å². The highest BCUT2D eigenvalue weighted by atomic mass is 35.5. The molecule has 0 aromatic carbocycles. The predicted molar refractivity (Wildman–Crippen MR) is 44.1 cm³/mol. The minimum Gasteiger partial charge on any atom is -0.300 e. The van der Waals surface area contributed by atoms with Crippen molar-refractivity contribution in [2.75, 3.05) is 0 Å². The van der Waals surface area contributed by atoms with E-state index in [1.54, 1.807) is 6.92 Å². The summed E-state index contributed by atoms with van der Waals surface area (Å²) in [5.74, 6) is 0.250. The zero-order chi connectivity index (χ0) is 7.98. The fraction of sp³-hybridized carbons (Fsp3) is 0.625. The number of ketones is 1. The third kappa shape index (κ3) is 7.70. The molecule has 0 saturated heterocycles. The standard InChI is InChI=1S/C8H13ClO/c1-7(9)5-3-4-6-8(2)10/h1,3-6H2,2H3. The van der Waals surface area contributed by atoms with Crippen LogP contribution >= 0.6 is 11.6 Å². The molecule has 1 nitrogen and oxygen atoms in total. The fourth-order valence-electron chi connectivity index (χ4n) is 0.691. The molecule has 0 aliphatic heterocycles. The van der Waals surface area contributed by atoms with E-state index in [2.05, 4.69) is 6.58 Å². The van der Waals surface area contributed by atoms with Gasteiger partial charge in [-0.1, -0.05) is 18.2 Å². The number of unbranched alkanes of at least 4 members (excludes halogenated alkanes) is 1. The maximum absolute atomic E-state index is 10.4. The van der Waals surface area contributed by atoms with Crippen molar-refractivity contribution in [2.45, 2.75) is 32.6 Å². The zero-order valence-corrected chi connectivity index (χ0v) is 7.08. The molecule has 0 N–H and O–H groups in total. The molecule has 58 valence electrons. The Bertz CT molecular complexity index is 113. The van der Waals surface area contributed by atoms with Gasteiger partial charge in [-0.15, -0.1) is 0 Å². The summed E-state index contributed by atoms with van der Waals surface area (Å²) in [6.45, 7) is 5.16. The van der Waals surface area contributed by atoms with Gasteiger partial charge in [-0.25, -0.2) is 0 Å². The second-order valence-electron chi connectivity index (χ2n) is 2.43. The van der Waals surface area contributed by atoms with Crippen molar-refractivity contribution in [1.82, 2.24) is 0 Å². The second-order valence-corrected chi connectivity index (χ2v) is 2.96. The highest BCUT2D eigenvalue weighted by Gasteiger charge is 1.93. The molecule has 0 atom stereocenters. The Morgan fingerprint density at radius 2 is 1.90 bits per heavy atom. The van der Waals surface area contributed by atoms with E-state index in [1.165, 1.54) is 0 Å². The van der Waals surface area contributed by atoms with Crippen molar-refractivity contribution in [3.63, 3.8) is 0 Å². The van der Waals surface area contributed by atoms with E-state index in [-0.39, 0.29) is 5.78 Å². The van der Waals surface area contributed by atoms with Crippen LogP contribution in [0.1, 0.15) is 32.6 Å². The first-order chi connectivity index (χ1) is 4.63. The average Bonchev–Trinajstić information content (AvgIpc) is 1.79. The number of hydrogen-bond acceptors (Lipinski definition) is 1. The molecule has 10 heavy (non-hydrogen) atoms. The lowest BCUT2D eigenvalue weighted by atomic mass is 10.1. The Balaban J connectivity index is 3.06. The second kappa shape index (κ2) is 5.48. The van der Waals surface area contributed by atoms with Crippen LogP contribution in [0.15, 0.2) is 11.6 Å². The summed E-state index contributed by atoms with van der Waals surface area (Å²) in [6.07, 6.45) is 3.40. The molecule has 0 aliphatic carbocycles. The number of carbonyl (C=O) groups is 1. The minimum atomic E-state index is 0.250. The van der Waals surface area contributed by atoms with E-state index in [0.717, 1.165) is 19.3 Å². The third-order valence-corrected chi connectivity index (χ3v) is 1.42. The van der Waals surface area contributed by atoms with Crippen LogP contribution in [0.3, 0.4) is 0 Å². The van der Waals surface area contributed by atoms with Gasteiger partial charge in [0.2, 0.25) is 0 Å². The van der Waals surface area contributed by atoms with Gasteiger partial charge in [0.1, 0.15) is 5.78 Å². The predicted octanol–water partition coefficient (Wildman–Crippen LogP) is 2.89. The number of Topliss-reactive ketones (excluding diaryl/α,β-unsaturated/α-hetero) is 1. The van der Waals surface area contributed by atoms with Crippen LogP contribution in [0.4, 0.5) is 0 Å². The van der Waals surface area contributed by atoms with E-state index < -0.39 is 0 Å². The first-order valence-electron chi connectivity index (χ1n) is 3.45. The normalized spacial score (nSPS) is 9.40. The number of rotatable bonds is 5. The smallest absolute Gasteiger partial charge is 0.129 e. The lowest BCUT2D eigenvalue weighted by molar-refractivity contribution is -0.117. The summed E-state index contributed by atoms with van der Waals surface area (Å²) >= 11 is 5.51. The molecule has 2 heteroatoms. The van der Waals surface area contributed by atoms with E-state index in [0.29, 0.717) is 11.5 Å². The molecule has 0 heterocycles. The van der Waals surface area contributed by atoms with Gasteiger partial charge >= 0.3 is 0 Å². The first kappa shape index (κ1) is 9.70. The molecule has 0 fully saturated rings. The molecule has 0 radical (unpaired) electrons. The van der Waals surface area contributed by atoms with Gasteiger partial charge in [0.25, 0.3) is 0 Å². The molecular formula is C8H13ClO. The molecule has 0 amide bonds. The van der Waals surface area contributed by atoms with Gasteiger partial charge in [0, 0.05) is 11.5 Å². The van der Waals surface area contributed by atoms with Crippen LogP contribution in [0.2, 0.25) is 0 Å². The number of allylic oxidation sites excluding steroid dienone is 1. The van der Waals surface area contributed by atoms with Crippen LogP contribution in [-0.4, -0.2) is 5.78 Å². The summed E-state index contributed by atoms with van der Waals surface area (Å²) in [4.78, 5) is 10.4. The Kier molecular flexibility index (Phi) is 5.32. The highest BCUT2D eigenvalue weighted by molar-refractivity contribution is 6.29. The number of halogens is 1. The van der Waals surface area contributed by atoms with Gasteiger partial charge in [-0.05, 0) is 26.2 Å². The monoisotopic (exact) mass is 160 g/mol. The third-order valence-electron chi connectivity index (χ3n) is 1.23. The maximum Gasteiger partial charge on any atom is 0.129 e. The van der Waals surface area contributed by atoms with Crippen molar-refractivity contribution in [1.29, 1.82) is 0 Å². The van der Waals surface area contributed by atoms with Gasteiger partial charge < -0.3 is 4.79 Å². The lowest BCUT2D eigenvalue weighted by Gasteiger charge is -1.95. The minimum absolute atomic E-state index is 0.250. The van der Waals surface area contributed by atoms with Crippen molar-refractivity contribution in [2.24, 2.45) is 0 Å². The van der Waals surface area contributed by atoms with Gasteiger partial charge in [0.15, 0.2) is 0 Å². The van der Waals surface area contributed by atoms with Crippen LogP contribution in [0.5, 0.6) is 0 Å². The van der Waals surface area contributed by atoms with Crippen LogP contribution < -0.4 is 0 Å². The Hall–Kier alpha value is -0.300. The quantitative estimate of drug-likeness (QED) is 0.566. The molecule has 0 unspecified atom stereocenters. The fourth-order valence-corrected chi connectivity index (χ4v) is 0.824. The summed E-state index contributed by atoms with van der Waals surface area (Å²) in [7, 11) is 0. The molecule has 0 saturated carbocycles. The zero-order valence-electron chi connectivity index (χ0n) is 6.32. The van der Waals surface area contributed by atoms with E-state index in [4.69, 9.17) is 11.6 Å². The molecule has 0 spiro atoms. The maximum atomic E-state index is 10.4. The first-order valence-corrected chi connectivity index (χ1v) is 3.83. The van der Waals surface area contributed by atoms with E-state index >= 15 is 0 Å². The van der Waals surface area contributed by atoms with Gasteiger partial charge in [0.05, 0.1) is 0 Å². The van der Waals surface area contributed by atoms with Crippen LogP contribution in [0.25, 0.3) is 0 Å². The Morgan fingerprint density at radius 1 is 1.40 bits per heavy atom. The van der Waals surface area contributed by atoms with Crippen molar-refractivity contribution < 1.29 is 4.79 Å². The summed E-state index contributed by atoms with van der Waals surface area (Å²) in [5.41, 5.74) is 0. The van der Waals surface area contributed by atoms with Crippen LogP contribution in [-0.2, 0) is 4.79 Å². The summed E-state index contributed by atoms with van der Waals surface area (Å²) in [5, 5.41) is 0.684.